The summed E-state index contributed by atoms with van der Waals surface area (Å²) in [5, 5.41) is 6.61. The minimum absolute atomic E-state index is 0.301. The van der Waals surface area contributed by atoms with Crippen LogP contribution >= 0.6 is 23.2 Å². The number of likely N-dealkylation sites (tertiary alicyclic amines) is 1. The van der Waals surface area contributed by atoms with Crippen molar-refractivity contribution in [3.8, 4) is 11.3 Å². The molecule has 1 aliphatic carbocycles. The maximum absolute atomic E-state index is 12.2. The Hall–Kier alpha value is -3.00. The van der Waals surface area contributed by atoms with Gasteiger partial charge in [0.1, 0.15) is 11.5 Å². The van der Waals surface area contributed by atoms with Gasteiger partial charge in [-0.05, 0) is 62.4 Å². The number of methoxy groups -OCH3 is 1. The van der Waals surface area contributed by atoms with Crippen LogP contribution in [-0.4, -0.2) is 59.4 Å². The van der Waals surface area contributed by atoms with E-state index in [0.717, 1.165) is 72.4 Å². The number of anilines is 1. The fourth-order valence-corrected chi connectivity index (χ4v) is 7.40. The van der Waals surface area contributed by atoms with E-state index in [0.29, 0.717) is 33.6 Å². The van der Waals surface area contributed by atoms with Crippen molar-refractivity contribution in [2.45, 2.75) is 50.1 Å². The lowest BCUT2D eigenvalue weighted by Gasteiger charge is -2.42. The van der Waals surface area contributed by atoms with Crippen LogP contribution in [0, 0.1) is 0 Å². The second kappa shape index (κ2) is 10.1. The van der Waals surface area contributed by atoms with E-state index in [9.17, 15) is 4.79 Å². The molecule has 2 atom stereocenters. The lowest BCUT2D eigenvalue weighted by molar-refractivity contribution is 0.0602. The van der Waals surface area contributed by atoms with Crippen LogP contribution in [0.5, 0.6) is 0 Å². The lowest BCUT2D eigenvalue weighted by Crippen LogP contribution is -2.54. The molecule has 2 aromatic carbocycles. The summed E-state index contributed by atoms with van der Waals surface area (Å²) < 4.78 is 12.9. The summed E-state index contributed by atoms with van der Waals surface area (Å²) in [5.41, 5.74) is 5.60. The van der Waals surface area contributed by atoms with Crippen LogP contribution < -0.4 is 4.90 Å². The molecule has 9 heteroatoms. The molecule has 208 valence electrons. The number of carbonyl (C=O) groups excluding carboxylic acids is 1. The van der Waals surface area contributed by atoms with E-state index < -0.39 is 0 Å². The Morgan fingerprint density at radius 2 is 1.80 bits per heavy atom. The molecule has 2 bridgehead atoms. The number of halogens is 2. The summed E-state index contributed by atoms with van der Waals surface area (Å²) in [4.78, 5) is 17.4. The van der Waals surface area contributed by atoms with Crippen LogP contribution in [0.2, 0.25) is 10.0 Å². The molecule has 0 N–H and O–H groups in total. The highest BCUT2D eigenvalue weighted by Crippen LogP contribution is 2.46. The molecular formula is C31H32Cl2N4O3. The molecule has 40 heavy (non-hydrogen) atoms. The smallest absolute Gasteiger partial charge is 0.340 e. The first-order valence-corrected chi connectivity index (χ1v) is 14.8. The van der Waals surface area contributed by atoms with Gasteiger partial charge in [-0.15, -0.1) is 0 Å². The number of aromatic nitrogens is 2. The predicted octanol–water partition coefficient (Wildman–Crippen LogP) is 6.70. The second-order valence-corrected chi connectivity index (χ2v) is 12.2. The Labute approximate surface area is 243 Å². The number of ether oxygens (including phenoxy) is 1. The van der Waals surface area contributed by atoms with E-state index in [2.05, 4.69) is 33.2 Å². The number of hydrogen-bond acceptors (Lipinski definition) is 6. The van der Waals surface area contributed by atoms with Gasteiger partial charge in [-0.3, -0.25) is 4.90 Å². The first kappa shape index (κ1) is 25.9. The fourth-order valence-electron chi connectivity index (χ4n) is 6.82. The van der Waals surface area contributed by atoms with Crippen molar-refractivity contribution in [3.05, 3.63) is 69.5 Å². The number of nitrogens with zero attached hydrogens (tertiary/aromatic N) is 4. The van der Waals surface area contributed by atoms with Gasteiger partial charge < -0.3 is 18.7 Å². The average Bonchev–Trinajstić information content (AvgIpc) is 3.55. The number of aryl methyl sites for hydroxylation is 1. The zero-order valence-electron chi connectivity index (χ0n) is 22.7. The Bertz CT molecular complexity index is 1570. The van der Waals surface area contributed by atoms with Crippen LogP contribution in [0.3, 0.4) is 0 Å². The Morgan fingerprint density at radius 3 is 2.48 bits per heavy atom. The molecule has 1 saturated carbocycles. The normalized spacial score (nSPS) is 20.9. The monoisotopic (exact) mass is 578 g/mol. The van der Waals surface area contributed by atoms with Gasteiger partial charge in [-0.25, -0.2) is 4.79 Å². The fraction of sp³-hybridized carbons (Fsp3) is 0.419. The van der Waals surface area contributed by atoms with Crippen molar-refractivity contribution in [2.75, 3.05) is 31.6 Å². The van der Waals surface area contributed by atoms with Crippen molar-refractivity contribution in [1.29, 1.82) is 0 Å². The minimum atomic E-state index is -0.301. The van der Waals surface area contributed by atoms with Crippen molar-refractivity contribution in [3.63, 3.8) is 0 Å². The maximum atomic E-state index is 12.2. The average molecular weight is 580 g/mol. The third kappa shape index (κ3) is 4.39. The van der Waals surface area contributed by atoms with E-state index in [1.54, 1.807) is 0 Å². The molecule has 2 aliphatic heterocycles. The van der Waals surface area contributed by atoms with E-state index in [-0.39, 0.29) is 5.97 Å². The number of carbonyl (C=O) groups is 1. The second-order valence-electron chi connectivity index (χ2n) is 11.4. The van der Waals surface area contributed by atoms with Crippen molar-refractivity contribution >= 4 is 45.8 Å². The number of esters is 1. The molecule has 4 aromatic rings. The number of piperazine rings is 1. The van der Waals surface area contributed by atoms with Gasteiger partial charge in [-0.1, -0.05) is 34.4 Å². The highest BCUT2D eigenvalue weighted by Gasteiger charge is 2.40. The van der Waals surface area contributed by atoms with Crippen LogP contribution in [-0.2, 0) is 18.2 Å². The summed E-state index contributed by atoms with van der Waals surface area (Å²) in [6.07, 6.45) is 7.37. The van der Waals surface area contributed by atoms with E-state index in [1.807, 2.05) is 36.0 Å². The molecule has 2 aromatic heterocycles. The molecular weight excluding hydrogens is 547 g/mol. The SMILES string of the molecule is COC(=O)c1cn(C)c2cc(N3C4CCC3CN(CCc3c(-c5c(Cl)cccc5Cl)noc3C3CC3)C4)ccc12. The molecule has 4 heterocycles. The van der Waals surface area contributed by atoms with Crippen molar-refractivity contribution in [1.82, 2.24) is 14.6 Å². The van der Waals surface area contributed by atoms with Crippen LogP contribution in [0.15, 0.2) is 47.1 Å². The van der Waals surface area contributed by atoms with Crippen LogP contribution in [0.1, 0.15) is 53.3 Å². The third-order valence-electron chi connectivity index (χ3n) is 8.88. The van der Waals surface area contributed by atoms with Crippen molar-refractivity contribution in [2.24, 2.45) is 7.05 Å². The first-order valence-electron chi connectivity index (χ1n) is 14.0. The standard InChI is InChI=1S/C31H32Cl2N4O3/c1-35-17-24(31(38)39-2)22-11-10-19(14-27(22)35)37-20-8-9-21(37)16-36(15-20)13-12-23-29(34-40-30(23)18-6-7-18)28-25(32)4-3-5-26(28)33/h3-5,10-11,14,17-18,20-21H,6-9,12-13,15-16H2,1-2H3. The molecule has 7 nitrogen and oxygen atoms in total. The molecule has 7 rings (SSSR count). The summed E-state index contributed by atoms with van der Waals surface area (Å²) in [5.74, 6) is 1.16. The van der Waals surface area contributed by atoms with Gasteiger partial charge in [0.15, 0.2) is 0 Å². The molecule has 3 fully saturated rings. The summed E-state index contributed by atoms with van der Waals surface area (Å²) in [7, 11) is 3.41. The van der Waals surface area contributed by atoms with Gasteiger partial charge in [0, 0.05) is 73.1 Å². The van der Waals surface area contributed by atoms with E-state index >= 15 is 0 Å². The van der Waals surface area contributed by atoms with E-state index in [1.165, 1.54) is 25.6 Å². The molecule has 3 aliphatic rings. The minimum Gasteiger partial charge on any atom is -0.465 e. The lowest BCUT2D eigenvalue weighted by atomic mass is 10.0. The molecule has 0 spiro atoms. The molecule has 0 radical (unpaired) electrons. The number of fused-ring (bicyclic) bond motifs is 3. The largest absolute Gasteiger partial charge is 0.465 e. The molecule has 2 unspecified atom stereocenters. The van der Waals surface area contributed by atoms with Gasteiger partial charge in [0.2, 0.25) is 0 Å². The third-order valence-corrected chi connectivity index (χ3v) is 9.51. The van der Waals surface area contributed by atoms with Crippen molar-refractivity contribution < 1.29 is 14.1 Å². The summed E-state index contributed by atoms with van der Waals surface area (Å²) >= 11 is 13.1. The Morgan fingerprint density at radius 1 is 1.07 bits per heavy atom. The Balaban J connectivity index is 1.10. The van der Waals surface area contributed by atoms with Gasteiger partial charge in [-0.2, -0.15) is 0 Å². The van der Waals surface area contributed by atoms with Gasteiger partial charge in [0.25, 0.3) is 0 Å². The Kier molecular flexibility index (Phi) is 6.56. The van der Waals surface area contributed by atoms with Crippen LogP contribution in [0.25, 0.3) is 22.2 Å². The van der Waals surface area contributed by atoms with Crippen LogP contribution in [0.4, 0.5) is 5.69 Å². The first-order chi connectivity index (χ1) is 19.4. The topological polar surface area (TPSA) is 63.7 Å². The van der Waals surface area contributed by atoms with Gasteiger partial charge >= 0.3 is 5.97 Å². The quantitative estimate of drug-likeness (QED) is 0.227. The summed E-state index contributed by atoms with van der Waals surface area (Å²) in [6.45, 7) is 2.97. The van der Waals surface area contributed by atoms with E-state index in [4.69, 9.17) is 32.5 Å². The summed E-state index contributed by atoms with van der Waals surface area (Å²) in [6, 6.07) is 12.9. The zero-order valence-corrected chi connectivity index (χ0v) is 24.2. The maximum Gasteiger partial charge on any atom is 0.340 e. The molecule has 2 saturated heterocycles. The number of benzene rings is 2. The predicted molar refractivity (Wildman–Crippen MR) is 158 cm³/mol. The highest BCUT2D eigenvalue weighted by molar-refractivity contribution is 6.39. The highest BCUT2D eigenvalue weighted by atomic mass is 35.5. The number of hydrogen-bond donors (Lipinski definition) is 0. The molecule has 0 amide bonds. The zero-order chi connectivity index (χ0) is 27.5. The number of rotatable bonds is 7. The van der Waals surface area contributed by atoms with Gasteiger partial charge in [0.05, 0.1) is 28.2 Å².